The van der Waals surface area contributed by atoms with E-state index >= 15 is 0 Å². The predicted octanol–water partition coefficient (Wildman–Crippen LogP) is 2.40. The maximum absolute atomic E-state index is 12.5. The molecule has 0 atom stereocenters. The van der Waals surface area contributed by atoms with E-state index in [0.29, 0.717) is 5.56 Å². The Bertz CT molecular complexity index is 399. The van der Waals surface area contributed by atoms with Gasteiger partial charge in [0, 0.05) is 11.1 Å². The number of pyridine rings is 1. The van der Waals surface area contributed by atoms with Gasteiger partial charge in [0.1, 0.15) is 0 Å². The fourth-order valence-electron chi connectivity index (χ4n) is 1.25. The highest BCUT2D eigenvalue weighted by molar-refractivity contribution is 5.36. The summed E-state index contributed by atoms with van der Waals surface area (Å²) in [5, 5.41) is 8.52. The molecule has 0 bridgehead atoms. The van der Waals surface area contributed by atoms with Crippen molar-refractivity contribution in [3.63, 3.8) is 0 Å². The lowest BCUT2D eigenvalue weighted by Crippen LogP contribution is -2.01. The van der Waals surface area contributed by atoms with Crippen molar-refractivity contribution in [3.8, 4) is 11.9 Å². The molecule has 3 nitrogen and oxygen atoms in total. The fraction of sp³-hybridized carbons (Fsp3) is 0.400. The molecule has 80 valence electrons. The third-order valence-electron chi connectivity index (χ3n) is 1.99. The van der Waals surface area contributed by atoms with Gasteiger partial charge in [0.2, 0.25) is 5.88 Å². The number of aryl methyl sites for hydroxylation is 1. The molecule has 0 unspecified atom stereocenters. The molecule has 1 heterocycles. The Morgan fingerprint density at radius 1 is 1.60 bits per heavy atom. The van der Waals surface area contributed by atoms with E-state index in [1.807, 2.05) is 6.07 Å². The first kappa shape index (κ1) is 11.4. The molecule has 1 aromatic rings. The van der Waals surface area contributed by atoms with Crippen molar-refractivity contribution in [2.75, 3.05) is 7.11 Å². The van der Waals surface area contributed by atoms with E-state index in [4.69, 9.17) is 10.00 Å². The topological polar surface area (TPSA) is 45.9 Å². The van der Waals surface area contributed by atoms with Gasteiger partial charge < -0.3 is 4.74 Å². The van der Waals surface area contributed by atoms with Crippen LogP contribution in [0.15, 0.2) is 6.07 Å². The molecular formula is C10H10F2N2O. The van der Waals surface area contributed by atoms with Crippen LogP contribution in [-0.4, -0.2) is 12.1 Å². The zero-order chi connectivity index (χ0) is 11.4. The van der Waals surface area contributed by atoms with Crippen LogP contribution < -0.4 is 4.74 Å². The average Bonchev–Trinajstić information content (AvgIpc) is 2.20. The number of alkyl halides is 2. The zero-order valence-corrected chi connectivity index (χ0v) is 8.42. The van der Waals surface area contributed by atoms with Crippen molar-refractivity contribution in [3.05, 3.63) is 22.9 Å². The van der Waals surface area contributed by atoms with Gasteiger partial charge in [-0.3, -0.25) is 0 Å². The van der Waals surface area contributed by atoms with Crippen LogP contribution in [0.1, 0.15) is 23.2 Å². The lowest BCUT2D eigenvalue weighted by Gasteiger charge is -2.09. The summed E-state index contributed by atoms with van der Waals surface area (Å²) >= 11 is 0. The fourth-order valence-corrected chi connectivity index (χ4v) is 1.25. The molecule has 0 saturated heterocycles. The highest BCUT2D eigenvalue weighted by Gasteiger charge is 2.16. The van der Waals surface area contributed by atoms with E-state index < -0.39 is 6.43 Å². The molecule has 1 rings (SSSR count). The van der Waals surface area contributed by atoms with Gasteiger partial charge in [-0.15, -0.1) is 0 Å². The standard InChI is InChI=1S/C10H10F2N2O/c1-6-8(9(11)12)5-7(3-4-13)10(14-6)15-2/h5,9H,3H2,1-2H3. The van der Waals surface area contributed by atoms with Crippen LogP contribution in [0.2, 0.25) is 0 Å². The second kappa shape index (κ2) is 4.69. The summed E-state index contributed by atoms with van der Waals surface area (Å²) < 4.78 is 29.9. The minimum Gasteiger partial charge on any atom is -0.481 e. The summed E-state index contributed by atoms with van der Waals surface area (Å²) in [4.78, 5) is 3.88. The maximum Gasteiger partial charge on any atom is 0.265 e. The first-order valence-corrected chi connectivity index (χ1v) is 4.29. The Hall–Kier alpha value is -1.70. The van der Waals surface area contributed by atoms with Crippen LogP contribution in [0, 0.1) is 18.3 Å². The van der Waals surface area contributed by atoms with Crippen LogP contribution >= 0.6 is 0 Å². The first-order valence-electron chi connectivity index (χ1n) is 4.29. The van der Waals surface area contributed by atoms with E-state index in [0.717, 1.165) is 0 Å². The van der Waals surface area contributed by atoms with Crippen LogP contribution in [0.5, 0.6) is 5.88 Å². The number of methoxy groups -OCH3 is 1. The first-order chi connectivity index (χ1) is 7.10. The van der Waals surface area contributed by atoms with Crippen LogP contribution in [-0.2, 0) is 6.42 Å². The van der Waals surface area contributed by atoms with Crippen molar-refractivity contribution in [2.45, 2.75) is 19.8 Å². The molecule has 0 radical (unpaired) electrons. The van der Waals surface area contributed by atoms with E-state index in [9.17, 15) is 8.78 Å². The average molecular weight is 212 g/mol. The summed E-state index contributed by atoms with van der Waals surface area (Å²) in [6.45, 7) is 1.49. The summed E-state index contributed by atoms with van der Waals surface area (Å²) in [5.74, 6) is 0.235. The molecule has 0 N–H and O–H groups in total. The van der Waals surface area contributed by atoms with Crippen molar-refractivity contribution in [1.82, 2.24) is 4.98 Å². The van der Waals surface area contributed by atoms with Gasteiger partial charge in [0.05, 0.1) is 25.3 Å². The Balaban J connectivity index is 3.25. The second-order valence-corrected chi connectivity index (χ2v) is 2.97. The number of rotatable bonds is 3. The third kappa shape index (κ3) is 2.40. The van der Waals surface area contributed by atoms with Gasteiger partial charge in [-0.1, -0.05) is 0 Å². The van der Waals surface area contributed by atoms with E-state index in [1.54, 1.807) is 0 Å². The lowest BCUT2D eigenvalue weighted by atomic mass is 10.1. The number of aromatic nitrogens is 1. The van der Waals surface area contributed by atoms with Crippen molar-refractivity contribution in [1.29, 1.82) is 5.26 Å². The molecule has 0 amide bonds. The van der Waals surface area contributed by atoms with Crippen molar-refractivity contribution in [2.24, 2.45) is 0 Å². The molecule has 0 aromatic carbocycles. The molecule has 0 saturated carbocycles. The summed E-state index contributed by atoms with van der Waals surface area (Å²) in [6.07, 6.45) is -2.57. The molecule has 15 heavy (non-hydrogen) atoms. The van der Waals surface area contributed by atoms with Crippen LogP contribution in [0.3, 0.4) is 0 Å². The molecule has 0 aliphatic carbocycles. The van der Waals surface area contributed by atoms with Gasteiger partial charge in [-0.2, -0.15) is 5.26 Å². The van der Waals surface area contributed by atoms with Gasteiger partial charge in [-0.05, 0) is 13.0 Å². The number of nitrogens with zero attached hydrogens (tertiary/aromatic N) is 2. The maximum atomic E-state index is 12.5. The number of hydrogen-bond acceptors (Lipinski definition) is 3. The van der Waals surface area contributed by atoms with Gasteiger partial charge >= 0.3 is 0 Å². The minimum atomic E-state index is -2.58. The van der Waals surface area contributed by atoms with Crippen LogP contribution in [0.25, 0.3) is 0 Å². The molecular weight excluding hydrogens is 202 g/mol. The SMILES string of the molecule is COc1nc(C)c(C(F)F)cc1CC#N. The van der Waals surface area contributed by atoms with E-state index in [1.165, 1.54) is 20.1 Å². The second-order valence-electron chi connectivity index (χ2n) is 2.97. The molecule has 0 spiro atoms. The normalized spacial score (nSPS) is 10.1. The molecule has 0 aliphatic heterocycles. The predicted molar refractivity (Wildman–Crippen MR) is 49.8 cm³/mol. The Morgan fingerprint density at radius 3 is 2.73 bits per heavy atom. The molecule has 1 aromatic heterocycles. The summed E-state index contributed by atoms with van der Waals surface area (Å²) in [5.41, 5.74) is 0.463. The number of nitriles is 1. The van der Waals surface area contributed by atoms with Crippen LogP contribution in [0.4, 0.5) is 8.78 Å². The highest BCUT2D eigenvalue weighted by Crippen LogP contribution is 2.26. The quantitative estimate of drug-likeness (QED) is 0.772. The smallest absolute Gasteiger partial charge is 0.265 e. The largest absolute Gasteiger partial charge is 0.481 e. The number of ether oxygens (including phenoxy) is 1. The Kier molecular flexibility index (Phi) is 3.56. The molecule has 5 heteroatoms. The molecule has 0 aliphatic rings. The number of hydrogen-bond donors (Lipinski definition) is 0. The van der Waals surface area contributed by atoms with E-state index in [2.05, 4.69) is 4.98 Å². The Morgan fingerprint density at radius 2 is 2.27 bits per heavy atom. The third-order valence-corrected chi connectivity index (χ3v) is 1.99. The number of halogens is 2. The molecule has 0 fully saturated rings. The van der Waals surface area contributed by atoms with E-state index in [-0.39, 0.29) is 23.6 Å². The van der Waals surface area contributed by atoms with Gasteiger partial charge in [-0.25, -0.2) is 13.8 Å². The summed E-state index contributed by atoms with van der Waals surface area (Å²) in [6, 6.07) is 3.15. The van der Waals surface area contributed by atoms with Crippen molar-refractivity contribution >= 4 is 0 Å². The zero-order valence-electron chi connectivity index (χ0n) is 8.42. The van der Waals surface area contributed by atoms with Gasteiger partial charge in [0.25, 0.3) is 6.43 Å². The lowest BCUT2D eigenvalue weighted by molar-refractivity contribution is 0.149. The highest BCUT2D eigenvalue weighted by atomic mass is 19.3. The summed E-state index contributed by atoms with van der Waals surface area (Å²) in [7, 11) is 1.39. The monoisotopic (exact) mass is 212 g/mol. The Labute approximate surface area is 86.3 Å². The van der Waals surface area contributed by atoms with Gasteiger partial charge in [0.15, 0.2) is 0 Å². The van der Waals surface area contributed by atoms with Crippen molar-refractivity contribution < 1.29 is 13.5 Å². The minimum absolute atomic E-state index is 0.0101.